The van der Waals surface area contributed by atoms with E-state index in [1.54, 1.807) is 7.05 Å². The highest BCUT2D eigenvalue weighted by molar-refractivity contribution is 5.87. The van der Waals surface area contributed by atoms with Gasteiger partial charge in [-0.2, -0.15) is 4.98 Å². The average Bonchev–Trinajstić information content (AvgIpc) is 3.30. The molecule has 1 aromatic heterocycles. The van der Waals surface area contributed by atoms with Gasteiger partial charge in [-0.15, -0.1) is 0 Å². The zero-order valence-corrected chi connectivity index (χ0v) is 14.9. The second-order valence-electron chi connectivity index (χ2n) is 7.38. The van der Waals surface area contributed by atoms with E-state index in [0.717, 1.165) is 37.9 Å². The Morgan fingerprint density at radius 2 is 1.88 bits per heavy atom. The first-order valence-electron chi connectivity index (χ1n) is 9.35. The van der Waals surface area contributed by atoms with Crippen LogP contribution in [0.3, 0.4) is 0 Å². The maximum Gasteiger partial charge on any atom is 0.329 e. The third-order valence-electron chi connectivity index (χ3n) is 5.85. The second kappa shape index (κ2) is 7.54. The van der Waals surface area contributed by atoms with E-state index in [-0.39, 0.29) is 12.3 Å². The van der Waals surface area contributed by atoms with Crippen LogP contribution in [0.5, 0.6) is 0 Å². The summed E-state index contributed by atoms with van der Waals surface area (Å²) in [5.74, 6) is 0.530. The topological polar surface area (TPSA) is 96.5 Å². The van der Waals surface area contributed by atoms with Gasteiger partial charge in [0.15, 0.2) is 5.82 Å². The Labute approximate surface area is 147 Å². The predicted molar refractivity (Wildman–Crippen MR) is 90.0 cm³/mol. The third kappa shape index (κ3) is 3.70. The molecular formula is C18H27N3O4. The van der Waals surface area contributed by atoms with Crippen molar-refractivity contribution in [3.05, 3.63) is 11.7 Å². The van der Waals surface area contributed by atoms with Gasteiger partial charge in [-0.25, -0.2) is 4.79 Å². The SMILES string of the molecule is CN(C(=O)CCc1nc(C2CCCC2)no1)C1(C(=O)O)CCCCC1. The predicted octanol–water partition coefficient (Wildman–Crippen LogP) is 2.91. The Bertz CT molecular complexity index is 616. The summed E-state index contributed by atoms with van der Waals surface area (Å²) in [6.45, 7) is 0. The van der Waals surface area contributed by atoms with Gasteiger partial charge in [0.05, 0.1) is 0 Å². The van der Waals surface area contributed by atoms with Crippen molar-refractivity contribution >= 4 is 11.9 Å². The number of nitrogens with zero attached hydrogens (tertiary/aromatic N) is 3. The zero-order chi connectivity index (χ0) is 17.9. The van der Waals surface area contributed by atoms with E-state index in [9.17, 15) is 14.7 Å². The molecule has 0 unspecified atom stereocenters. The maximum absolute atomic E-state index is 12.6. The van der Waals surface area contributed by atoms with E-state index in [2.05, 4.69) is 10.1 Å². The van der Waals surface area contributed by atoms with Crippen LogP contribution in [0.2, 0.25) is 0 Å². The van der Waals surface area contributed by atoms with Gasteiger partial charge >= 0.3 is 5.97 Å². The highest BCUT2D eigenvalue weighted by Gasteiger charge is 2.45. The number of amides is 1. The first-order valence-corrected chi connectivity index (χ1v) is 9.35. The number of carboxylic acid groups (broad SMARTS) is 1. The van der Waals surface area contributed by atoms with Crippen molar-refractivity contribution < 1.29 is 19.2 Å². The average molecular weight is 349 g/mol. The van der Waals surface area contributed by atoms with Gasteiger partial charge in [0.25, 0.3) is 0 Å². The monoisotopic (exact) mass is 349 g/mol. The molecule has 2 fully saturated rings. The van der Waals surface area contributed by atoms with Crippen LogP contribution in [0, 0.1) is 0 Å². The van der Waals surface area contributed by atoms with Gasteiger partial charge in [-0.05, 0) is 25.7 Å². The molecule has 138 valence electrons. The molecule has 1 N–H and O–H groups in total. The summed E-state index contributed by atoms with van der Waals surface area (Å²) in [6, 6.07) is 0. The van der Waals surface area contributed by atoms with Crippen molar-refractivity contribution in [3.8, 4) is 0 Å². The van der Waals surface area contributed by atoms with Crippen molar-refractivity contribution in [3.63, 3.8) is 0 Å². The number of carbonyl (C=O) groups excluding carboxylic acids is 1. The van der Waals surface area contributed by atoms with Crippen LogP contribution in [0.1, 0.15) is 81.8 Å². The molecular weight excluding hydrogens is 322 g/mol. The molecule has 0 bridgehead atoms. The molecule has 0 radical (unpaired) electrons. The van der Waals surface area contributed by atoms with Gasteiger partial charge in [0.1, 0.15) is 5.54 Å². The summed E-state index contributed by atoms with van der Waals surface area (Å²) >= 11 is 0. The minimum atomic E-state index is -1.06. The van der Waals surface area contributed by atoms with E-state index in [0.29, 0.717) is 31.1 Å². The van der Waals surface area contributed by atoms with Crippen LogP contribution >= 0.6 is 0 Å². The lowest BCUT2D eigenvalue weighted by atomic mass is 9.80. The Kier molecular flexibility index (Phi) is 5.39. The molecule has 2 saturated carbocycles. The first kappa shape index (κ1) is 17.9. The molecule has 1 heterocycles. The van der Waals surface area contributed by atoms with Crippen LogP contribution in [0.4, 0.5) is 0 Å². The molecule has 0 aliphatic heterocycles. The number of likely N-dealkylation sites (N-methyl/N-ethyl adjacent to an activating group) is 1. The van der Waals surface area contributed by atoms with Crippen LogP contribution in [0.15, 0.2) is 4.52 Å². The number of hydrogen-bond donors (Lipinski definition) is 1. The Morgan fingerprint density at radius 3 is 2.52 bits per heavy atom. The smallest absolute Gasteiger partial charge is 0.329 e. The highest BCUT2D eigenvalue weighted by Crippen LogP contribution is 2.34. The minimum Gasteiger partial charge on any atom is -0.479 e. The number of rotatable bonds is 6. The van der Waals surface area contributed by atoms with E-state index in [4.69, 9.17) is 4.52 Å². The number of aryl methyl sites for hydroxylation is 1. The largest absolute Gasteiger partial charge is 0.479 e. The molecule has 1 amide bonds. The fourth-order valence-corrected chi connectivity index (χ4v) is 4.17. The van der Waals surface area contributed by atoms with Gasteiger partial charge in [-0.3, -0.25) is 4.79 Å². The Balaban J connectivity index is 1.58. The molecule has 7 heteroatoms. The minimum absolute atomic E-state index is 0.176. The summed E-state index contributed by atoms with van der Waals surface area (Å²) in [5.41, 5.74) is -1.06. The second-order valence-corrected chi connectivity index (χ2v) is 7.38. The van der Waals surface area contributed by atoms with Gasteiger partial charge in [0.2, 0.25) is 11.8 Å². The summed E-state index contributed by atoms with van der Waals surface area (Å²) < 4.78 is 5.28. The Morgan fingerprint density at radius 1 is 1.20 bits per heavy atom. The van der Waals surface area contributed by atoms with Gasteiger partial charge in [0, 0.05) is 25.8 Å². The van der Waals surface area contributed by atoms with Crippen molar-refractivity contribution in [2.45, 2.75) is 82.1 Å². The van der Waals surface area contributed by atoms with Crippen molar-refractivity contribution in [1.82, 2.24) is 15.0 Å². The van der Waals surface area contributed by atoms with Gasteiger partial charge in [-0.1, -0.05) is 37.3 Å². The molecule has 1 aromatic rings. The molecule has 0 atom stereocenters. The number of carbonyl (C=O) groups is 2. The van der Waals surface area contributed by atoms with E-state index >= 15 is 0 Å². The molecule has 7 nitrogen and oxygen atoms in total. The zero-order valence-electron chi connectivity index (χ0n) is 14.9. The van der Waals surface area contributed by atoms with Crippen molar-refractivity contribution in [1.29, 1.82) is 0 Å². The van der Waals surface area contributed by atoms with E-state index in [1.165, 1.54) is 17.7 Å². The number of aromatic nitrogens is 2. The molecule has 0 aromatic carbocycles. The number of hydrogen-bond acceptors (Lipinski definition) is 5. The fourth-order valence-electron chi connectivity index (χ4n) is 4.17. The van der Waals surface area contributed by atoms with Crippen molar-refractivity contribution in [2.75, 3.05) is 7.05 Å². The molecule has 0 spiro atoms. The number of carboxylic acids is 1. The third-order valence-corrected chi connectivity index (χ3v) is 5.85. The summed E-state index contributed by atoms with van der Waals surface area (Å²) in [4.78, 5) is 30.2. The van der Waals surface area contributed by atoms with Gasteiger partial charge < -0.3 is 14.5 Å². The lowest BCUT2D eigenvalue weighted by Gasteiger charge is -2.41. The summed E-state index contributed by atoms with van der Waals surface area (Å²) in [5, 5.41) is 13.7. The Hall–Kier alpha value is -1.92. The van der Waals surface area contributed by atoms with E-state index in [1.807, 2.05) is 0 Å². The molecule has 3 rings (SSSR count). The summed E-state index contributed by atoms with van der Waals surface area (Å²) in [6.07, 6.45) is 8.93. The van der Waals surface area contributed by atoms with Crippen LogP contribution in [-0.4, -0.2) is 44.6 Å². The molecule has 2 aliphatic carbocycles. The fraction of sp³-hybridized carbons (Fsp3) is 0.778. The maximum atomic E-state index is 12.6. The molecule has 25 heavy (non-hydrogen) atoms. The van der Waals surface area contributed by atoms with E-state index < -0.39 is 11.5 Å². The standard InChI is InChI=1S/C18H27N3O4/c1-21(18(17(23)24)11-5-2-6-12-18)15(22)10-9-14-19-16(20-25-14)13-7-3-4-8-13/h13H,2-12H2,1H3,(H,23,24). The normalized spacial score (nSPS) is 20.5. The molecule has 0 saturated heterocycles. The van der Waals surface area contributed by atoms with Crippen LogP contribution in [-0.2, 0) is 16.0 Å². The van der Waals surface area contributed by atoms with Crippen LogP contribution in [0.25, 0.3) is 0 Å². The lowest BCUT2D eigenvalue weighted by Crippen LogP contribution is -2.56. The first-order chi connectivity index (χ1) is 12.0. The highest BCUT2D eigenvalue weighted by atomic mass is 16.5. The molecule has 2 aliphatic rings. The summed E-state index contributed by atoms with van der Waals surface area (Å²) in [7, 11) is 1.61. The van der Waals surface area contributed by atoms with Crippen LogP contribution < -0.4 is 0 Å². The number of aliphatic carboxylic acids is 1. The quantitative estimate of drug-likeness (QED) is 0.848. The lowest BCUT2D eigenvalue weighted by molar-refractivity contribution is -0.160. The van der Waals surface area contributed by atoms with Crippen molar-refractivity contribution in [2.24, 2.45) is 0 Å².